The first-order valence-electron chi connectivity index (χ1n) is 7.18. The lowest BCUT2D eigenvalue weighted by Crippen LogP contribution is -2.30. The predicted molar refractivity (Wildman–Crippen MR) is 83.8 cm³/mol. The quantitative estimate of drug-likeness (QED) is 0.757. The number of rotatable bonds is 6. The Balaban J connectivity index is 1.45. The highest BCUT2D eigenvalue weighted by atomic mass is 16.5. The van der Waals surface area contributed by atoms with Gasteiger partial charge < -0.3 is 14.5 Å². The maximum Gasteiger partial charge on any atom is 0.257 e. The smallest absolute Gasteiger partial charge is 0.257 e. The van der Waals surface area contributed by atoms with Gasteiger partial charge in [0.15, 0.2) is 6.61 Å². The van der Waals surface area contributed by atoms with Crippen LogP contribution in [0.3, 0.4) is 0 Å². The monoisotopic (exact) mass is 295 g/mol. The van der Waals surface area contributed by atoms with Gasteiger partial charge in [0, 0.05) is 19.2 Å². The molecule has 1 N–H and O–H groups in total. The van der Waals surface area contributed by atoms with E-state index >= 15 is 0 Å². The third kappa shape index (κ3) is 3.44. The van der Waals surface area contributed by atoms with E-state index in [0.29, 0.717) is 18.7 Å². The zero-order valence-corrected chi connectivity index (χ0v) is 12.1. The summed E-state index contributed by atoms with van der Waals surface area (Å²) >= 11 is 0. The summed E-state index contributed by atoms with van der Waals surface area (Å²) in [5.41, 5.74) is 1.05. The van der Waals surface area contributed by atoms with E-state index in [9.17, 15) is 4.79 Å². The Morgan fingerprint density at radius 1 is 1.14 bits per heavy atom. The molecule has 5 heteroatoms. The number of carbonyl (C=O) groups is 1. The zero-order chi connectivity index (χ0) is 15.2. The molecule has 0 bridgehead atoms. The first-order chi connectivity index (χ1) is 10.8. The van der Waals surface area contributed by atoms with Gasteiger partial charge in [-0.1, -0.05) is 24.3 Å². The summed E-state index contributed by atoms with van der Waals surface area (Å²) in [5.74, 6) is 1.49. The minimum Gasteiger partial charge on any atom is -0.484 e. The average molecular weight is 295 g/mol. The standard InChI is InChI=1S/C17H17N3O2/c21-17(13-22-15-7-2-1-3-8-15)18-10-9-16-19-12-14-6-4-5-11-20(14)16/h1-8,11-12H,9-10,13H2,(H,18,21). The third-order valence-electron chi connectivity index (χ3n) is 3.30. The molecule has 0 saturated carbocycles. The number of pyridine rings is 1. The van der Waals surface area contributed by atoms with Gasteiger partial charge in [-0.2, -0.15) is 0 Å². The number of hydrogen-bond donors (Lipinski definition) is 1. The van der Waals surface area contributed by atoms with Crippen molar-refractivity contribution in [3.63, 3.8) is 0 Å². The van der Waals surface area contributed by atoms with Crippen LogP contribution in [0.5, 0.6) is 5.75 Å². The molecule has 22 heavy (non-hydrogen) atoms. The van der Waals surface area contributed by atoms with Crippen molar-refractivity contribution in [3.8, 4) is 5.75 Å². The number of carbonyl (C=O) groups excluding carboxylic acids is 1. The highest BCUT2D eigenvalue weighted by Crippen LogP contribution is 2.08. The normalized spacial score (nSPS) is 10.5. The van der Waals surface area contributed by atoms with E-state index in [1.807, 2.05) is 65.3 Å². The Bertz CT molecular complexity index is 753. The summed E-state index contributed by atoms with van der Waals surface area (Å²) in [4.78, 5) is 16.1. The van der Waals surface area contributed by atoms with E-state index in [2.05, 4.69) is 10.3 Å². The second-order valence-electron chi connectivity index (χ2n) is 4.87. The van der Waals surface area contributed by atoms with Gasteiger partial charge in [-0.05, 0) is 24.3 Å². The van der Waals surface area contributed by atoms with Crippen LogP contribution >= 0.6 is 0 Å². The van der Waals surface area contributed by atoms with Crippen molar-refractivity contribution in [1.29, 1.82) is 0 Å². The molecule has 2 heterocycles. The van der Waals surface area contributed by atoms with E-state index in [0.717, 1.165) is 11.3 Å². The van der Waals surface area contributed by atoms with E-state index in [4.69, 9.17) is 4.74 Å². The Hall–Kier alpha value is -2.82. The SMILES string of the molecule is O=C(COc1ccccc1)NCCc1ncc2ccccn12. The summed E-state index contributed by atoms with van der Waals surface area (Å²) < 4.78 is 7.41. The van der Waals surface area contributed by atoms with Crippen LogP contribution in [0.15, 0.2) is 60.9 Å². The molecule has 0 fully saturated rings. The molecule has 0 aliphatic carbocycles. The second kappa shape index (κ2) is 6.76. The lowest BCUT2D eigenvalue weighted by atomic mass is 10.3. The molecule has 112 valence electrons. The largest absolute Gasteiger partial charge is 0.484 e. The van der Waals surface area contributed by atoms with Crippen LogP contribution in [0.1, 0.15) is 5.82 Å². The van der Waals surface area contributed by atoms with Gasteiger partial charge in [-0.15, -0.1) is 0 Å². The number of nitrogens with one attached hydrogen (secondary N) is 1. The van der Waals surface area contributed by atoms with Crippen molar-refractivity contribution < 1.29 is 9.53 Å². The molecule has 3 rings (SSSR count). The van der Waals surface area contributed by atoms with E-state index in [1.165, 1.54) is 0 Å². The number of imidazole rings is 1. The van der Waals surface area contributed by atoms with Crippen LogP contribution in [0.4, 0.5) is 0 Å². The number of benzene rings is 1. The number of para-hydroxylation sites is 1. The third-order valence-corrected chi connectivity index (χ3v) is 3.30. The summed E-state index contributed by atoms with van der Waals surface area (Å²) in [6.07, 6.45) is 4.48. The lowest BCUT2D eigenvalue weighted by molar-refractivity contribution is -0.123. The average Bonchev–Trinajstić information content (AvgIpc) is 2.97. The van der Waals surface area contributed by atoms with E-state index in [1.54, 1.807) is 0 Å². The molecule has 1 aromatic carbocycles. The van der Waals surface area contributed by atoms with Crippen molar-refractivity contribution >= 4 is 11.4 Å². The highest BCUT2D eigenvalue weighted by molar-refractivity contribution is 5.77. The maximum atomic E-state index is 11.7. The van der Waals surface area contributed by atoms with Crippen LogP contribution in [0, 0.1) is 0 Å². The summed E-state index contributed by atoms with van der Waals surface area (Å²) in [7, 11) is 0. The molecule has 0 aliphatic rings. The molecule has 0 atom stereocenters. The molecule has 0 unspecified atom stereocenters. The zero-order valence-electron chi connectivity index (χ0n) is 12.1. The van der Waals surface area contributed by atoms with Gasteiger partial charge >= 0.3 is 0 Å². The first-order valence-corrected chi connectivity index (χ1v) is 7.18. The number of hydrogen-bond acceptors (Lipinski definition) is 3. The minimum absolute atomic E-state index is 0.0202. The molecule has 0 spiro atoms. The van der Waals surface area contributed by atoms with Crippen molar-refractivity contribution in [1.82, 2.24) is 14.7 Å². The number of nitrogens with zero attached hydrogens (tertiary/aromatic N) is 2. The van der Waals surface area contributed by atoms with Crippen molar-refractivity contribution in [2.24, 2.45) is 0 Å². The number of fused-ring (bicyclic) bond motifs is 1. The van der Waals surface area contributed by atoms with Crippen LogP contribution < -0.4 is 10.1 Å². The molecule has 0 radical (unpaired) electrons. The van der Waals surface area contributed by atoms with Crippen molar-refractivity contribution in [2.45, 2.75) is 6.42 Å². The van der Waals surface area contributed by atoms with Gasteiger partial charge in [-0.25, -0.2) is 4.98 Å². The fourth-order valence-corrected chi connectivity index (χ4v) is 2.21. The van der Waals surface area contributed by atoms with Crippen molar-refractivity contribution in [2.75, 3.05) is 13.2 Å². The highest BCUT2D eigenvalue weighted by Gasteiger charge is 2.05. The molecular formula is C17H17N3O2. The maximum absolute atomic E-state index is 11.7. The van der Waals surface area contributed by atoms with Crippen molar-refractivity contribution in [3.05, 3.63) is 66.7 Å². The lowest BCUT2D eigenvalue weighted by Gasteiger charge is -2.07. The molecule has 2 aromatic heterocycles. The fraction of sp³-hybridized carbons (Fsp3) is 0.176. The molecular weight excluding hydrogens is 278 g/mol. The van der Waals surface area contributed by atoms with Gasteiger partial charge in [0.05, 0.1) is 11.7 Å². The van der Waals surface area contributed by atoms with Gasteiger partial charge in [0.1, 0.15) is 11.6 Å². The summed E-state index contributed by atoms with van der Waals surface area (Å²) in [6, 6.07) is 15.2. The molecule has 3 aromatic rings. The number of aromatic nitrogens is 2. The van der Waals surface area contributed by atoms with Gasteiger partial charge in [0.25, 0.3) is 5.91 Å². The fourth-order valence-electron chi connectivity index (χ4n) is 2.21. The predicted octanol–water partition coefficient (Wildman–Crippen LogP) is 2.07. The van der Waals surface area contributed by atoms with E-state index in [-0.39, 0.29) is 12.5 Å². The Labute approximate surface area is 128 Å². The number of ether oxygens (including phenoxy) is 1. The molecule has 0 aliphatic heterocycles. The van der Waals surface area contributed by atoms with Gasteiger partial charge in [-0.3, -0.25) is 4.79 Å². The first kappa shape index (κ1) is 14.1. The van der Waals surface area contributed by atoms with Crippen LogP contribution in [0.25, 0.3) is 5.52 Å². The Kier molecular flexibility index (Phi) is 4.34. The summed E-state index contributed by atoms with van der Waals surface area (Å²) in [5, 5.41) is 2.84. The van der Waals surface area contributed by atoms with Crippen LogP contribution in [-0.2, 0) is 11.2 Å². The Morgan fingerprint density at radius 3 is 2.82 bits per heavy atom. The Morgan fingerprint density at radius 2 is 1.95 bits per heavy atom. The molecule has 1 amide bonds. The molecule has 5 nitrogen and oxygen atoms in total. The number of amides is 1. The minimum atomic E-state index is -0.135. The topological polar surface area (TPSA) is 55.6 Å². The second-order valence-corrected chi connectivity index (χ2v) is 4.87. The summed E-state index contributed by atoms with van der Waals surface area (Å²) in [6.45, 7) is 0.553. The van der Waals surface area contributed by atoms with Gasteiger partial charge in [0.2, 0.25) is 0 Å². The van der Waals surface area contributed by atoms with Crippen LogP contribution in [0.2, 0.25) is 0 Å². The van der Waals surface area contributed by atoms with E-state index < -0.39 is 0 Å². The molecule has 0 saturated heterocycles. The van der Waals surface area contributed by atoms with Crippen LogP contribution in [-0.4, -0.2) is 28.4 Å².